The lowest BCUT2D eigenvalue weighted by molar-refractivity contribution is 0.0152. The summed E-state index contributed by atoms with van der Waals surface area (Å²) in [6, 6.07) is 4.87. The Morgan fingerprint density at radius 2 is 1.91 bits per heavy atom. The minimum atomic E-state index is -0.144. The predicted molar refractivity (Wildman–Crippen MR) is 91.7 cm³/mol. The number of fused-ring (bicyclic) bond motifs is 3. The molecule has 2 heteroatoms. The molecular formula is C20H29NO. The van der Waals surface area contributed by atoms with Gasteiger partial charge in [-0.1, -0.05) is 19.4 Å². The monoisotopic (exact) mass is 299 g/mol. The van der Waals surface area contributed by atoms with Crippen molar-refractivity contribution in [3.05, 3.63) is 28.8 Å². The molecule has 1 saturated carbocycles. The summed E-state index contributed by atoms with van der Waals surface area (Å²) < 4.78 is 0. The Morgan fingerprint density at radius 3 is 2.68 bits per heavy atom. The topological polar surface area (TPSA) is 23.5 Å². The van der Waals surface area contributed by atoms with Gasteiger partial charge in [-0.05, 0) is 73.6 Å². The zero-order valence-electron chi connectivity index (χ0n) is 14.1. The van der Waals surface area contributed by atoms with Crippen LogP contribution >= 0.6 is 0 Å². The maximum absolute atomic E-state index is 10.7. The highest BCUT2D eigenvalue weighted by Gasteiger charge is 2.45. The number of benzene rings is 1. The Kier molecular flexibility index (Phi) is 3.48. The second kappa shape index (κ2) is 5.26. The Morgan fingerprint density at radius 1 is 1.14 bits per heavy atom. The molecular weight excluding hydrogens is 270 g/mol. The van der Waals surface area contributed by atoms with Crippen molar-refractivity contribution in [2.24, 2.45) is 5.41 Å². The summed E-state index contributed by atoms with van der Waals surface area (Å²) in [5.74, 6) is 0.358. The quantitative estimate of drug-likeness (QED) is 0.841. The van der Waals surface area contributed by atoms with Gasteiger partial charge in [0.05, 0.1) is 6.10 Å². The van der Waals surface area contributed by atoms with Gasteiger partial charge in [0.25, 0.3) is 0 Å². The molecule has 1 saturated heterocycles. The SMILES string of the molecule is Cc1cc2c(cc1N1CCCC1)CCC1(C)CCCC(O)C21. The average molecular weight is 299 g/mol. The number of hydrogen-bond acceptors (Lipinski definition) is 2. The summed E-state index contributed by atoms with van der Waals surface area (Å²) in [6.07, 6.45) is 8.39. The lowest BCUT2D eigenvalue weighted by Crippen LogP contribution is -2.41. The molecule has 1 heterocycles. The van der Waals surface area contributed by atoms with Gasteiger partial charge in [-0.25, -0.2) is 0 Å². The van der Waals surface area contributed by atoms with E-state index in [1.54, 1.807) is 0 Å². The van der Waals surface area contributed by atoms with Crippen LogP contribution in [0.3, 0.4) is 0 Å². The molecule has 2 aliphatic carbocycles. The van der Waals surface area contributed by atoms with Crippen LogP contribution in [0.25, 0.3) is 0 Å². The molecule has 2 nitrogen and oxygen atoms in total. The van der Waals surface area contributed by atoms with E-state index in [1.165, 1.54) is 74.0 Å². The van der Waals surface area contributed by atoms with Gasteiger partial charge in [-0.2, -0.15) is 0 Å². The molecule has 0 spiro atoms. The van der Waals surface area contributed by atoms with Gasteiger partial charge < -0.3 is 10.0 Å². The van der Waals surface area contributed by atoms with Crippen LogP contribution in [0, 0.1) is 12.3 Å². The van der Waals surface area contributed by atoms with E-state index in [1.807, 2.05) is 0 Å². The van der Waals surface area contributed by atoms with E-state index in [-0.39, 0.29) is 6.10 Å². The molecule has 0 amide bonds. The van der Waals surface area contributed by atoms with E-state index < -0.39 is 0 Å². The van der Waals surface area contributed by atoms with Crippen molar-refractivity contribution in [1.29, 1.82) is 0 Å². The van der Waals surface area contributed by atoms with Crippen molar-refractivity contribution in [2.75, 3.05) is 18.0 Å². The van der Waals surface area contributed by atoms with Crippen LogP contribution < -0.4 is 4.90 Å². The molecule has 1 N–H and O–H groups in total. The van der Waals surface area contributed by atoms with Crippen molar-refractivity contribution in [3.63, 3.8) is 0 Å². The summed E-state index contributed by atoms with van der Waals surface area (Å²) >= 11 is 0. The number of aliphatic hydroxyl groups excluding tert-OH is 1. The van der Waals surface area contributed by atoms with E-state index in [4.69, 9.17) is 0 Å². The number of hydrogen-bond donors (Lipinski definition) is 1. The maximum Gasteiger partial charge on any atom is 0.0614 e. The predicted octanol–water partition coefficient (Wildman–Crippen LogP) is 4.18. The summed E-state index contributed by atoms with van der Waals surface area (Å²) in [4.78, 5) is 2.56. The van der Waals surface area contributed by atoms with Gasteiger partial charge in [-0.15, -0.1) is 0 Å². The maximum atomic E-state index is 10.7. The first-order valence-electron chi connectivity index (χ1n) is 9.15. The third kappa shape index (κ3) is 2.19. The van der Waals surface area contributed by atoms with Gasteiger partial charge in [0.15, 0.2) is 0 Å². The largest absolute Gasteiger partial charge is 0.392 e. The van der Waals surface area contributed by atoms with Crippen molar-refractivity contribution in [1.82, 2.24) is 0 Å². The normalized spacial score (nSPS) is 34.4. The molecule has 0 bridgehead atoms. The Bertz CT molecular complexity index is 575. The smallest absolute Gasteiger partial charge is 0.0614 e. The highest BCUT2D eigenvalue weighted by molar-refractivity contribution is 5.59. The van der Waals surface area contributed by atoms with Gasteiger partial charge in [0.1, 0.15) is 0 Å². The van der Waals surface area contributed by atoms with Crippen molar-refractivity contribution < 1.29 is 5.11 Å². The summed E-state index contributed by atoms with van der Waals surface area (Å²) in [6.45, 7) is 7.09. The second-order valence-electron chi connectivity index (χ2n) is 8.12. The van der Waals surface area contributed by atoms with Crippen LogP contribution in [0.15, 0.2) is 12.1 Å². The van der Waals surface area contributed by atoms with Crippen molar-refractivity contribution in [2.45, 2.75) is 70.8 Å². The number of aliphatic hydroxyl groups is 1. The van der Waals surface area contributed by atoms with Gasteiger partial charge in [0.2, 0.25) is 0 Å². The number of aryl methyl sites for hydroxylation is 2. The Balaban J connectivity index is 1.76. The Hall–Kier alpha value is -1.02. The molecule has 120 valence electrons. The zero-order valence-corrected chi connectivity index (χ0v) is 14.1. The van der Waals surface area contributed by atoms with Crippen LogP contribution in [0.4, 0.5) is 5.69 Å². The standard InChI is InChI=1S/C20H29NO/c1-14-12-16-15(13-17(14)21-10-3-4-11-21)7-9-20(2)8-5-6-18(22)19(16)20/h12-13,18-19,22H,3-11H2,1-2H3. The second-order valence-corrected chi connectivity index (χ2v) is 8.12. The molecule has 1 aliphatic heterocycles. The summed E-state index contributed by atoms with van der Waals surface area (Å²) in [5.41, 5.74) is 6.14. The molecule has 0 aromatic heterocycles. The Labute approximate surface area is 134 Å². The van der Waals surface area contributed by atoms with Crippen LogP contribution in [-0.4, -0.2) is 24.3 Å². The fourth-order valence-electron chi connectivity index (χ4n) is 5.35. The molecule has 3 atom stereocenters. The summed E-state index contributed by atoms with van der Waals surface area (Å²) in [7, 11) is 0. The minimum absolute atomic E-state index is 0.144. The van der Waals surface area contributed by atoms with Gasteiger partial charge >= 0.3 is 0 Å². The first-order chi connectivity index (χ1) is 10.6. The van der Waals surface area contributed by atoms with Crippen LogP contribution in [0.2, 0.25) is 0 Å². The minimum Gasteiger partial charge on any atom is -0.392 e. The fourth-order valence-corrected chi connectivity index (χ4v) is 5.35. The van der Waals surface area contributed by atoms with Gasteiger partial charge in [0, 0.05) is 24.7 Å². The lowest BCUT2D eigenvalue weighted by Gasteiger charge is -2.48. The molecule has 4 rings (SSSR count). The highest BCUT2D eigenvalue weighted by atomic mass is 16.3. The number of anilines is 1. The molecule has 2 fully saturated rings. The van der Waals surface area contributed by atoms with E-state index in [0.717, 1.165) is 6.42 Å². The van der Waals surface area contributed by atoms with E-state index in [0.29, 0.717) is 11.3 Å². The number of nitrogens with zero attached hydrogens (tertiary/aromatic N) is 1. The van der Waals surface area contributed by atoms with Crippen LogP contribution in [-0.2, 0) is 6.42 Å². The fraction of sp³-hybridized carbons (Fsp3) is 0.700. The molecule has 0 radical (unpaired) electrons. The number of rotatable bonds is 1. The van der Waals surface area contributed by atoms with E-state index in [2.05, 4.69) is 30.9 Å². The first-order valence-corrected chi connectivity index (χ1v) is 9.15. The molecule has 22 heavy (non-hydrogen) atoms. The first kappa shape index (κ1) is 14.6. The van der Waals surface area contributed by atoms with Gasteiger partial charge in [-0.3, -0.25) is 0 Å². The van der Waals surface area contributed by atoms with E-state index >= 15 is 0 Å². The molecule has 1 aromatic rings. The van der Waals surface area contributed by atoms with E-state index in [9.17, 15) is 5.11 Å². The van der Waals surface area contributed by atoms with Crippen molar-refractivity contribution in [3.8, 4) is 0 Å². The third-order valence-corrected chi connectivity index (χ3v) is 6.59. The van der Waals surface area contributed by atoms with Crippen LogP contribution in [0.5, 0.6) is 0 Å². The molecule has 3 aliphatic rings. The zero-order chi connectivity index (χ0) is 15.3. The lowest BCUT2D eigenvalue weighted by atomic mass is 9.57. The average Bonchev–Trinajstić information content (AvgIpc) is 3.00. The molecule has 3 unspecified atom stereocenters. The summed E-state index contributed by atoms with van der Waals surface area (Å²) in [5, 5.41) is 10.7. The molecule has 1 aromatic carbocycles. The highest BCUT2D eigenvalue weighted by Crippen LogP contribution is 2.54. The van der Waals surface area contributed by atoms with Crippen LogP contribution in [0.1, 0.15) is 68.1 Å². The van der Waals surface area contributed by atoms with Crippen molar-refractivity contribution >= 4 is 5.69 Å². The third-order valence-electron chi connectivity index (χ3n) is 6.59.